The van der Waals surface area contributed by atoms with E-state index in [-0.39, 0.29) is 5.91 Å². The highest BCUT2D eigenvalue weighted by Crippen LogP contribution is 2.29. The van der Waals surface area contributed by atoms with Crippen molar-refractivity contribution in [2.75, 3.05) is 51.3 Å². The van der Waals surface area contributed by atoms with Gasteiger partial charge in [0.25, 0.3) is 0 Å². The van der Waals surface area contributed by atoms with Crippen LogP contribution >= 0.6 is 0 Å². The molecule has 1 aliphatic rings. The van der Waals surface area contributed by atoms with Gasteiger partial charge >= 0.3 is 0 Å². The molecule has 3 aromatic carbocycles. The normalized spacial score (nSPS) is 14.1. The van der Waals surface area contributed by atoms with Gasteiger partial charge in [0.15, 0.2) is 0 Å². The highest BCUT2D eigenvalue weighted by molar-refractivity contribution is 5.87. The van der Waals surface area contributed by atoms with E-state index in [1.807, 2.05) is 30.3 Å². The molecule has 9 heteroatoms. The number of hydrogen-bond acceptors (Lipinski definition) is 6. The summed E-state index contributed by atoms with van der Waals surface area (Å²) in [4.78, 5) is 33.6. The number of amides is 1. The molecule has 0 saturated carbocycles. The number of piperazine rings is 1. The van der Waals surface area contributed by atoms with Crippen molar-refractivity contribution in [1.29, 1.82) is 0 Å². The fourth-order valence-electron chi connectivity index (χ4n) is 5.67. The smallest absolute Gasteiger partial charge is 0.220 e. The Bertz CT molecular complexity index is 1710. The SMILES string of the molecule is CC(C)CCCNC(=O)CCCOc1cccc(-c2nc3ccc(-c4nc5ccc(N6CCN(C)CC6)cc5[nH]4)cc3[nH]2)c1. The number of carbonyl (C=O) groups excluding carboxylic acids is 1. The molecular formula is C35H43N7O2. The fourth-order valence-corrected chi connectivity index (χ4v) is 5.67. The van der Waals surface area contributed by atoms with E-state index in [1.54, 1.807) is 0 Å². The molecule has 44 heavy (non-hydrogen) atoms. The molecular weight excluding hydrogens is 550 g/mol. The Labute approximate surface area is 259 Å². The summed E-state index contributed by atoms with van der Waals surface area (Å²) in [5, 5.41) is 3.00. The maximum atomic E-state index is 12.1. The van der Waals surface area contributed by atoms with E-state index in [1.165, 1.54) is 5.69 Å². The molecule has 1 aliphatic heterocycles. The summed E-state index contributed by atoms with van der Waals surface area (Å²) >= 11 is 0. The fraction of sp³-hybridized carbons (Fsp3) is 0.400. The Kier molecular flexibility index (Phi) is 9.12. The number of hydrogen-bond donors (Lipinski definition) is 3. The quantitative estimate of drug-likeness (QED) is 0.148. The molecule has 2 aromatic heterocycles. The van der Waals surface area contributed by atoms with Crippen LogP contribution in [-0.4, -0.2) is 77.1 Å². The number of anilines is 1. The summed E-state index contributed by atoms with van der Waals surface area (Å²) in [5.74, 6) is 3.14. The molecule has 3 N–H and O–H groups in total. The Hall–Kier alpha value is -4.37. The third kappa shape index (κ3) is 7.22. The number of aromatic nitrogens is 4. The van der Waals surface area contributed by atoms with Crippen LogP contribution in [-0.2, 0) is 4.79 Å². The van der Waals surface area contributed by atoms with Crippen molar-refractivity contribution in [1.82, 2.24) is 30.2 Å². The van der Waals surface area contributed by atoms with E-state index < -0.39 is 0 Å². The number of imidazole rings is 2. The lowest BCUT2D eigenvalue weighted by Crippen LogP contribution is -2.44. The van der Waals surface area contributed by atoms with Gasteiger partial charge in [-0.2, -0.15) is 0 Å². The van der Waals surface area contributed by atoms with Gasteiger partial charge in [0.1, 0.15) is 17.4 Å². The van der Waals surface area contributed by atoms with Gasteiger partial charge in [-0.3, -0.25) is 4.79 Å². The molecule has 0 spiro atoms. The van der Waals surface area contributed by atoms with Gasteiger partial charge < -0.3 is 29.8 Å². The minimum absolute atomic E-state index is 0.0887. The maximum Gasteiger partial charge on any atom is 0.220 e. The van der Waals surface area contributed by atoms with Crippen LogP contribution in [0, 0.1) is 5.92 Å². The van der Waals surface area contributed by atoms with Crippen LogP contribution in [0.25, 0.3) is 44.8 Å². The number of carbonyl (C=O) groups is 1. The largest absolute Gasteiger partial charge is 0.494 e. The second kappa shape index (κ2) is 13.5. The van der Waals surface area contributed by atoms with Crippen molar-refractivity contribution in [3.8, 4) is 28.5 Å². The number of fused-ring (bicyclic) bond motifs is 2. The van der Waals surface area contributed by atoms with Crippen LogP contribution in [0.4, 0.5) is 5.69 Å². The molecule has 230 valence electrons. The van der Waals surface area contributed by atoms with Gasteiger partial charge in [-0.15, -0.1) is 0 Å². The summed E-state index contributed by atoms with van der Waals surface area (Å²) < 4.78 is 5.97. The zero-order chi connectivity index (χ0) is 30.5. The van der Waals surface area contributed by atoms with Crippen molar-refractivity contribution in [2.45, 2.75) is 39.5 Å². The van der Waals surface area contributed by atoms with E-state index in [4.69, 9.17) is 14.7 Å². The molecule has 0 aliphatic carbocycles. The second-order valence-corrected chi connectivity index (χ2v) is 12.3. The molecule has 0 radical (unpaired) electrons. The predicted octanol–water partition coefficient (Wildman–Crippen LogP) is 6.24. The topological polar surface area (TPSA) is 102 Å². The van der Waals surface area contributed by atoms with Gasteiger partial charge in [0, 0.05) is 56.0 Å². The average molecular weight is 594 g/mol. The molecule has 3 heterocycles. The van der Waals surface area contributed by atoms with Crippen LogP contribution in [0.2, 0.25) is 0 Å². The first-order valence-electron chi connectivity index (χ1n) is 15.8. The van der Waals surface area contributed by atoms with Crippen LogP contribution < -0.4 is 15.0 Å². The summed E-state index contributed by atoms with van der Waals surface area (Å²) in [6, 6.07) is 20.6. The van der Waals surface area contributed by atoms with E-state index in [0.717, 1.165) is 96.2 Å². The van der Waals surface area contributed by atoms with Crippen LogP contribution in [0.5, 0.6) is 5.75 Å². The zero-order valence-electron chi connectivity index (χ0n) is 26.0. The average Bonchev–Trinajstić information content (AvgIpc) is 3.66. The molecule has 9 nitrogen and oxygen atoms in total. The molecule has 1 saturated heterocycles. The number of H-pyrrole nitrogens is 2. The number of ether oxygens (including phenoxy) is 1. The lowest BCUT2D eigenvalue weighted by molar-refractivity contribution is -0.121. The van der Waals surface area contributed by atoms with Crippen LogP contribution in [0.15, 0.2) is 60.7 Å². The molecule has 6 rings (SSSR count). The van der Waals surface area contributed by atoms with Crippen LogP contribution in [0.3, 0.4) is 0 Å². The second-order valence-electron chi connectivity index (χ2n) is 12.3. The Morgan fingerprint density at radius 1 is 0.886 bits per heavy atom. The zero-order valence-corrected chi connectivity index (χ0v) is 26.0. The van der Waals surface area contributed by atoms with E-state index >= 15 is 0 Å². The first kappa shape index (κ1) is 29.7. The number of benzene rings is 3. The Balaban J connectivity index is 1.08. The van der Waals surface area contributed by atoms with Crippen molar-refractivity contribution >= 4 is 33.7 Å². The highest BCUT2D eigenvalue weighted by Gasteiger charge is 2.16. The third-order valence-electron chi connectivity index (χ3n) is 8.29. The van der Waals surface area contributed by atoms with Gasteiger partial charge in [-0.25, -0.2) is 9.97 Å². The lowest BCUT2D eigenvalue weighted by Gasteiger charge is -2.34. The van der Waals surface area contributed by atoms with E-state index in [2.05, 4.69) is 76.3 Å². The van der Waals surface area contributed by atoms with Crippen molar-refractivity contribution in [3.63, 3.8) is 0 Å². The summed E-state index contributed by atoms with van der Waals surface area (Å²) in [7, 11) is 2.18. The molecule has 0 unspecified atom stereocenters. The first-order chi connectivity index (χ1) is 21.4. The van der Waals surface area contributed by atoms with Gasteiger partial charge in [0.2, 0.25) is 5.91 Å². The molecule has 0 atom stereocenters. The lowest BCUT2D eigenvalue weighted by atomic mass is 10.1. The number of nitrogens with one attached hydrogen (secondary N) is 3. The number of nitrogens with zero attached hydrogens (tertiary/aromatic N) is 4. The first-order valence-corrected chi connectivity index (χ1v) is 15.8. The number of rotatable bonds is 12. The third-order valence-corrected chi connectivity index (χ3v) is 8.29. The standard InChI is InChI=1S/C35H43N7O2/c1-24(2)7-5-15-36-33(43)10-6-20-44-28-9-4-8-25(21-28)34-37-29-13-11-26(22-31(29)39-34)35-38-30-14-12-27(23-32(30)40-35)42-18-16-41(3)17-19-42/h4,8-9,11-14,21-24H,5-7,10,15-20H2,1-3H3,(H,36,43)(H,37,39)(H,38,40). The van der Waals surface area contributed by atoms with E-state index in [0.29, 0.717) is 25.4 Å². The Morgan fingerprint density at radius 3 is 2.34 bits per heavy atom. The molecule has 1 fully saturated rings. The molecule has 0 bridgehead atoms. The van der Waals surface area contributed by atoms with Gasteiger partial charge in [-0.05, 0) is 80.8 Å². The predicted molar refractivity (Wildman–Crippen MR) is 178 cm³/mol. The number of aromatic amines is 2. The van der Waals surface area contributed by atoms with Crippen LogP contribution in [0.1, 0.15) is 39.5 Å². The van der Waals surface area contributed by atoms with E-state index in [9.17, 15) is 4.79 Å². The maximum absolute atomic E-state index is 12.1. The summed E-state index contributed by atoms with van der Waals surface area (Å²) in [6.45, 7) is 9.86. The highest BCUT2D eigenvalue weighted by atomic mass is 16.5. The minimum Gasteiger partial charge on any atom is -0.494 e. The van der Waals surface area contributed by atoms with Crippen molar-refractivity contribution in [3.05, 3.63) is 60.7 Å². The van der Waals surface area contributed by atoms with Gasteiger partial charge in [0.05, 0.1) is 28.7 Å². The van der Waals surface area contributed by atoms with Crippen molar-refractivity contribution < 1.29 is 9.53 Å². The van der Waals surface area contributed by atoms with Crippen molar-refractivity contribution in [2.24, 2.45) is 5.92 Å². The summed E-state index contributed by atoms with van der Waals surface area (Å²) in [5.41, 5.74) is 7.03. The summed E-state index contributed by atoms with van der Waals surface area (Å²) in [6.07, 6.45) is 3.29. The minimum atomic E-state index is 0.0887. The number of likely N-dealkylation sites (N-methyl/N-ethyl adjacent to an activating group) is 1. The monoisotopic (exact) mass is 593 g/mol. The van der Waals surface area contributed by atoms with Gasteiger partial charge in [-0.1, -0.05) is 26.0 Å². The molecule has 5 aromatic rings. The molecule has 1 amide bonds. The Morgan fingerprint density at radius 2 is 1.59 bits per heavy atom.